The lowest BCUT2D eigenvalue weighted by Gasteiger charge is -2.30. The molecule has 0 aromatic carbocycles. The zero-order valence-electron chi connectivity index (χ0n) is 12.6. The van der Waals surface area contributed by atoms with E-state index in [1.807, 2.05) is 0 Å². The number of hydrogen-bond donors (Lipinski definition) is 2. The fourth-order valence-electron chi connectivity index (χ4n) is 2.34. The predicted octanol–water partition coefficient (Wildman–Crippen LogP) is 3.18. The molecule has 0 heterocycles. The Bertz CT molecular complexity index is 383. The van der Waals surface area contributed by atoms with E-state index >= 15 is 0 Å². The Kier molecular flexibility index (Phi) is 5.53. The molecule has 21 heavy (non-hydrogen) atoms. The summed E-state index contributed by atoms with van der Waals surface area (Å²) in [7, 11) is 0. The van der Waals surface area contributed by atoms with Gasteiger partial charge in [-0.05, 0) is 46.0 Å². The summed E-state index contributed by atoms with van der Waals surface area (Å²) in [5, 5.41) is 11.4. The van der Waals surface area contributed by atoms with Crippen molar-refractivity contribution >= 4 is 12.1 Å². The van der Waals surface area contributed by atoms with Crippen molar-refractivity contribution in [3.63, 3.8) is 0 Å². The molecule has 0 spiro atoms. The van der Waals surface area contributed by atoms with Gasteiger partial charge in [0.1, 0.15) is 11.6 Å². The molecule has 7 heteroatoms. The van der Waals surface area contributed by atoms with E-state index in [2.05, 4.69) is 5.32 Å². The lowest BCUT2D eigenvalue weighted by atomic mass is 9.83. The summed E-state index contributed by atoms with van der Waals surface area (Å²) >= 11 is 0. The van der Waals surface area contributed by atoms with E-state index in [1.54, 1.807) is 20.8 Å². The topological polar surface area (TPSA) is 75.6 Å². The third-order valence-electron chi connectivity index (χ3n) is 3.39. The van der Waals surface area contributed by atoms with Gasteiger partial charge < -0.3 is 15.2 Å². The Morgan fingerprint density at radius 2 is 1.86 bits per heavy atom. The highest BCUT2D eigenvalue weighted by molar-refractivity contribution is 5.80. The highest BCUT2D eigenvalue weighted by Gasteiger charge is 2.36. The lowest BCUT2D eigenvalue weighted by Crippen LogP contribution is -2.45. The second-order valence-electron chi connectivity index (χ2n) is 6.57. The van der Waals surface area contributed by atoms with Crippen LogP contribution in [0.25, 0.3) is 0 Å². The SMILES string of the molecule is CC(C)(C)OC(=O)NC(CC1CCC(F)(F)CC1)C(=O)O. The van der Waals surface area contributed by atoms with Crippen molar-refractivity contribution in [2.45, 2.75) is 70.4 Å². The number of aliphatic carboxylic acids is 1. The number of alkyl halides is 2. The van der Waals surface area contributed by atoms with Gasteiger partial charge in [-0.3, -0.25) is 0 Å². The monoisotopic (exact) mass is 307 g/mol. The van der Waals surface area contributed by atoms with E-state index in [-0.39, 0.29) is 38.0 Å². The zero-order chi connectivity index (χ0) is 16.3. The van der Waals surface area contributed by atoms with Gasteiger partial charge in [0, 0.05) is 12.8 Å². The summed E-state index contributed by atoms with van der Waals surface area (Å²) in [5.74, 6) is -3.95. The lowest BCUT2D eigenvalue weighted by molar-refractivity contribution is -0.140. The maximum absolute atomic E-state index is 13.1. The summed E-state index contributed by atoms with van der Waals surface area (Å²) < 4.78 is 31.1. The standard InChI is InChI=1S/C14H23F2NO4/c1-13(2,3)21-12(20)17-10(11(18)19)8-9-4-6-14(15,16)7-5-9/h9-10H,4-8H2,1-3H3,(H,17,20)(H,18,19). The van der Waals surface area contributed by atoms with Gasteiger partial charge in [0.25, 0.3) is 0 Å². The van der Waals surface area contributed by atoms with E-state index in [0.717, 1.165) is 0 Å². The molecule has 0 radical (unpaired) electrons. The molecule has 1 rings (SSSR count). The van der Waals surface area contributed by atoms with Gasteiger partial charge in [0.15, 0.2) is 0 Å². The summed E-state index contributed by atoms with van der Waals surface area (Å²) in [5.41, 5.74) is -0.722. The first-order valence-corrected chi connectivity index (χ1v) is 7.09. The molecule has 1 aliphatic carbocycles. The third-order valence-corrected chi connectivity index (χ3v) is 3.39. The largest absolute Gasteiger partial charge is 0.480 e. The first-order valence-electron chi connectivity index (χ1n) is 7.09. The summed E-state index contributed by atoms with van der Waals surface area (Å²) in [6, 6.07) is -1.11. The molecular formula is C14H23F2NO4. The Hall–Kier alpha value is -1.40. The fraction of sp³-hybridized carbons (Fsp3) is 0.857. The minimum Gasteiger partial charge on any atom is -0.480 e. The van der Waals surface area contributed by atoms with Gasteiger partial charge in [-0.2, -0.15) is 0 Å². The van der Waals surface area contributed by atoms with Crippen LogP contribution in [0.3, 0.4) is 0 Å². The van der Waals surface area contributed by atoms with Crippen LogP contribution in [0.5, 0.6) is 0 Å². The highest BCUT2D eigenvalue weighted by atomic mass is 19.3. The van der Waals surface area contributed by atoms with Crippen molar-refractivity contribution in [2.24, 2.45) is 5.92 Å². The molecule has 122 valence electrons. The van der Waals surface area contributed by atoms with E-state index in [0.29, 0.717) is 0 Å². The van der Waals surface area contributed by atoms with Crippen molar-refractivity contribution < 1.29 is 28.2 Å². The van der Waals surface area contributed by atoms with Crippen molar-refractivity contribution in [1.29, 1.82) is 0 Å². The molecule has 5 nitrogen and oxygen atoms in total. The first kappa shape index (κ1) is 17.7. The van der Waals surface area contributed by atoms with Crippen LogP contribution in [0.1, 0.15) is 52.9 Å². The van der Waals surface area contributed by atoms with Gasteiger partial charge in [0.2, 0.25) is 5.92 Å². The molecule has 0 saturated heterocycles. The summed E-state index contributed by atoms with van der Waals surface area (Å²) in [4.78, 5) is 22.8. The number of carboxylic acid groups (broad SMARTS) is 1. The fourth-order valence-corrected chi connectivity index (χ4v) is 2.34. The molecule has 0 aromatic heterocycles. The molecule has 1 aliphatic rings. The number of amides is 1. The quantitative estimate of drug-likeness (QED) is 0.836. The number of ether oxygens (including phenoxy) is 1. The van der Waals surface area contributed by atoms with E-state index < -0.39 is 29.6 Å². The van der Waals surface area contributed by atoms with Crippen molar-refractivity contribution in [3.05, 3.63) is 0 Å². The van der Waals surface area contributed by atoms with Crippen LogP contribution in [-0.4, -0.2) is 34.7 Å². The number of carboxylic acids is 1. The second-order valence-corrected chi connectivity index (χ2v) is 6.57. The molecule has 0 aromatic rings. The van der Waals surface area contributed by atoms with E-state index in [9.17, 15) is 18.4 Å². The van der Waals surface area contributed by atoms with Gasteiger partial charge in [-0.15, -0.1) is 0 Å². The minimum absolute atomic E-state index is 0.124. The summed E-state index contributed by atoms with van der Waals surface area (Å²) in [6.45, 7) is 5.02. The van der Waals surface area contributed by atoms with Crippen molar-refractivity contribution in [1.82, 2.24) is 5.32 Å². The third kappa shape index (κ3) is 6.73. The van der Waals surface area contributed by atoms with Gasteiger partial charge >= 0.3 is 12.1 Å². The molecule has 0 bridgehead atoms. The van der Waals surface area contributed by atoms with Gasteiger partial charge in [-0.1, -0.05) is 0 Å². The number of rotatable bonds is 4. The zero-order valence-corrected chi connectivity index (χ0v) is 12.6. The molecular weight excluding hydrogens is 284 g/mol. The minimum atomic E-state index is -2.65. The molecule has 1 fully saturated rings. The van der Waals surface area contributed by atoms with Crippen LogP contribution in [0.4, 0.5) is 13.6 Å². The number of carbonyl (C=O) groups excluding carboxylic acids is 1. The predicted molar refractivity (Wildman–Crippen MR) is 72.3 cm³/mol. The van der Waals surface area contributed by atoms with E-state index in [4.69, 9.17) is 9.84 Å². The molecule has 2 N–H and O–H groups in total. The smallest absolute Gasteiger partial charge is 0.408 e. The van der Waals surface area contributed by atoms with Crippen molar-refractivity contribution in [2.75, 3.05) is 0 Å². The Balaban J connectivity index is 2.51. The number of halogens is 2. The van der Waals surface area contributed by atoms with Crippen LogP contribution >= 0.6 is 0 Å². The number of alkyl carbamates (subject to hydrolysis) is 1. The molecule has 0 aliphatic heterocycles. The van der Waals surface area contributed by atoms with E-state index in [1.165, 1.54) is 0 Å². The Morgan fingerprint density at radius 3 is 2.29 bits per heavy atom. The highest BCUT2D eigenvalue weighted by Crippen LogP contribution is 2.37. The average molecular weight is 307 g/mol. The van der Waals surface area contributed by atoms with Gasteiger partial charge in [0.05, 0.1) is 0 Å². The molecule has 1 atom stereocenters. The number of nitrogens with one attached hydrogen (secondary N) is 1. The van der Waals surface area contributed by atoms with Crippen LogP contribution in [0, 0.1) is 5.92 Å². The normalized spacial score (nSPS) is 20.6. The van der Waals surface area contributed by atoms with Crippen molar-refractivity contribution in [3.8, 4) is 0 Å². The Labute approximate surface area is 123 Å². The maximum atomic E-state index is 13.1. The van der Waals surface area contributed by atoms with Crippen LogP contribution in [0.15, 0.2) is 0 Å². The molecule has 1 unspecified atom stereocenters. The second kappa shape index (κ2) is 6.58. The van der Waals surface area contributed by atoms with Gasteiger partial charge in [-0.25, -0.2) is 18.4 Å². The molecule has 1 saturated carbocycles. The maximum Gasteiger partial charge on any atom is 0.408 e. The van der Waals surface area contributed by atoms with Crippen LogP contribution < -0.4 is 5.32 Å². The summed E-state index contributed by atoms with van der Waals surface area (Å²) in [6.07, 6.45) is -0.576. The average Bonchev–Trinajstić information content (AvgIpc) is 2.28. The van der Waals surface area contributed by atoms with Crippen LogP contribution in [-0.2, 0) is 9.53 Å². The number of hydrogen-bond acceptors (Lipinski definition) is 3. The Morgan fingerprint density at radius 1 is 1.33 bits per heavy atom. The number of carbonyl (C=O) groups is 2. The first-order chi connectivity index (χ1) is 9.48. The molecule has 1 amide bonds. The van der Waals surface area contributed by atoms with Crippen LogP contribution in [0.2, 0.25) is 0 Å².